The zero-order chi connectivity index (χ0) is 22.3. The molecule has 1 fully saturated rings. The van der Waals surface area contributed by atoms with Crippen LogP contribution in [0.3, 0.4) is 0 Å². The Hall–Kier alpha value is -2.82. The Balaban J connectivity index is 1.72. The van der Waals surface area contributed by atoms with E-state index < -0.39 is 17.7 Å². The van der Waals surface area contributed by atoms with E-state index in [-0.39, 0.29) is 12.1 Å². The van der Waals surface area contributed by atoms with Crippen LogP contribution in [0.25, 0.3) is 0 Å². The summed E-state index contributed by atoms with van der Waals surface area (Å²) >= 11 is 0. The van der Waals surface area contributed by atoms with Crippen molar-refractivity contribution in [1.29, 1.82) is 0 Å². The van der Waals surface area contributed by atoms with Gasteiger partial charge in [0.05, 0.1) is 0 Å². The Bertz CT molecular complexity index is 845. The second-order valence-electron chi connectivity index (χ2n) is 9.05. The van der Waals surface area contributed by atoms with Crippen molar-refractivity contribution in [3.63, 3.8) is 0 Å². The molecule has 2 aromatic rings. The molecule has 0 radical (unpaired) electrons. The standard InChI is InChI=1S/C26H33NO4/c1-26(2,3)31-25(29)27-19-11-10-16-22(27)24(28)30-23(21-14-8-5-9-15-21)18-17-20-12-6-4-7-13-20/h4-9,12-15,22-23H,10-11,16-19H2,1-3H3/t22-,23+/m0/s1. The summed E-state index contributed by atoms with van der Waals surface area (Å²) in [6.45, 7) is 6.00. The lowest BCUT2D eigenvalue weighted by Gasteiger charge is -2.36. The van der Waals surface area contributed by atoms with Gasteiger partial charge < -0.3 is 9.47 Å². The number of likely N-dealkylation sites (tertiary alicyclic amines) is 1. The predicted octanol–water partition coefficient (Wildman–Crippen LogP) is 5.69. The summed E-state index contributed by atoms with van der Waals surface area (Å²) in [4.78, 5) is 27.4. The Morgan fingerprint density at radius 1 is 1.00 bits per heavy atom. The zero-order valence-corrected chi connectivity index (χ0v) is 18.8. The third kappa shape index (κ3) is 6.84. The Kier molecular flexibility index (Phi) is 7.72. The number of esters is 1. The number of hydrogen-bond acceptors (Lipinski definition) is 4. The van der Waals surface area contributed by atoms with Crippen molar-refractivity contribution in [3.8, 4) is 0 Å². The fourth-order valence-corrected chi connectivity index (χ4v) is 3.84. The van der Waals surface area contributed by atoms with Gasteiger partial charge in [0.2, 0.25) is 0 Å². The first-order chi connectivity index (χ1) is 14.8. The first-order valence-electron chi connectivity index (χ1n) is 11.1. The van der Waals surface area contributed by atoms with Gasteiger partial charge in [0, 0.05) is 6.54 Å². The minimum absolute atomic E-state index is 0.354. The maximum Gasteiger partial charge on any atom is 0.411 e. The van der Waals surface area contributed by atoms with Crippen molar-refractivity contribution in [1.82, 2.24) is 4.90 Å². The van der Waals surface area contributed by atoms with E-state index >= 15 is 0 Å². The molecule has 0 aliphatic carbocycles. The second kappa shape index (κ2) is 10.5. The molecule has 2 aromatic carbocycles. The zero-order valence-electron chi connectivity index (χ0n) is 18.8. The Labute approximate surface area is 185 Å². The van der Waals surface area contributed by atoms with Crippen molar-refractivity contribution in [2.45, 2.75) is 70.6 Å². The first-order valence-corrected chi connectivity index (χ1v) is 11.1. The summed E-state index contributed by atoms with van der Waals surface area (Å²) < 4.78 is 11.6. The summed E-state index contributed by atoms with van der Waals surface area (Å²) in [5, 5.41) is 0. The average molecular weight is 424 g/mol. The number of rotatable bonds is 6. The molecule has 0 saturated carbocycles. The summed E-state index contributed by atoms with van der Waals surface area (Å²) in [6.07, 6.45) is 3.01. The number of carbonyl (C=O) groups is 2. The summed E-state index contributed by atoms with van der Waals surface area (Å²) in [5.74, 6) is -0.354. The number of benzene rings is 2. The molecule has 2 atom stereocenters. The van der Waals surface area contributed by atoms with E-state index in [1.165, 1.54) is 10.5 Å². The third-order valence-corrected chi connectivity index (χ3v) is 5.37. The lowest BCUT2D eigenvalue weighted by atomic mass is 10.00. The van der Waals surface area contributed by atoms with E-state index in [4.69, 9.17) is 9.47 Å². The quantitative estimate of drug-likeness (QED) is 0.560. The smallest absolute Gasteiger partial charge is 0.411 e. The van der Waals surface area contributed by atoms with Crippen molar-refractivity contribution in [2.24, 2.45) is 0 Å². The second-order valence-corrected chi connectivity index (χ2v) is 9.05. The molecule has 0 N–H and O–H groups in total. The Morgan fingerprint density at radius 2 is 1.65 bits per heavy atom. The summed E-state index contributed by atoms with van der Waals surface area (Å²) in [5.41, 5.74) is 1.56. The van der Waals surface area contributed by atoms with Crippen LogP contribution in [0.15, 0.2) is 60.7 Å². The fourth-order valence-electron chi connectivity index (χ4n) is 3.84. The number of aryl methyl sites for hydroxylation is 1. The van der Waals surface area contributed by atoms with Gasteiger partial charge in [-0.05, 0) is 64.0 Å². The van der Waals surface area contributed by atoms with E-state index in [0.717, 1.165) is 24.8 Å². The molecule has 1 amide bonds. The molecule has 5 nitrogen and oxygen atoms in total. The van der Waals surface area contributed by atoms with Crippen molar-refractivity contribution in [2.75, 3.05) is 6.54 Å². The van der Waals surface area contributed by atoms with Gasteiger partial charge in [-0.2, -0.15) is 0 Å². The minimum atomic E-state index is -0.606. The number of nitrogens with zero attached hydrogens (tertiary/aromatic N) is 1. The van der Waals surface area contributed by atoms with Gasteiger partial charge in [-0.15, -0.1) is 0 Å². The molecule has 0 unspecified atom stereocenters. The maximum atomic E-state index is 13.2. The monoisotopic (exact) mass is 423 g/mol. The highest BCUT2D eigenvalue weighted by Crippen LogP contribution is 2.27. The van der Waals surface area contributed by atoms with Crippen LogP contribution in [0.4, 0.5) is 4.79 Å². The molecule has 3 rings (SSSR count). The molecule has 1 saturated heterocycles. The van der Waals surface area contributed by atoms with Crippen LogP contribution < -0.4 is 0 Å². The molecule has 1 aliphatic rings. The fraction of sp³-hybridized carbons (Fsp3) is 0.462. The minimum Gasteiger partial charge on any atom is -0.456 e. The third-order valence-electron chi connectivity index (χ3n) is 5.37. The molecule has 1 heterocycles. The van der Waals surface area contributed by atoms with Gasteiger partial charge in [0.25, 0.3) is 0 Å². The van der Waals surface area contributed by atoms with Crippen molar-refractivity contribution < 1.29 is 19.1 Å². The van der Waals surface area contributed by atoms with Crippen LogP contribution in [-0.4, -0.2) is 35.2 Å². The largest absolute Gasteiger partial charge is 0.456 e. The number of piperidine rings is 1. The molecule has 31 heavy (non-hydrogen) atoms. The van der Waals surface area contributed by atoms with Crippen LogP contribution in [0, 0.1) is 0 Å². The van der Waals surface area contributed by atoms with Crippen LogP contribution in [0.1, 0.15) is 63.7 Å². The van der Waals surface area contributed by atoms with Gasteiger partial charge in [-0.25, -0.2) is 9.59 Å². The molecule has 166 valence electrons. The normalized spacial score (nSPS) is 17.6. The number of ether oxygens (including phenoxy) is 2. The highest BCUT2D eigenvalue weighted by molar-refractivity contribution is 5.82. The molecular weight excluding hydrogens is 390 g/mol. The van der Waals surface area contributed by atoms with Gasteiger partial charge in [-0.1, -0.05) is 60.7 Å². The van der Waals surface area contributed by atoms with E-state index in [1.807, 2.05) is 69.3 Å². The van der Waals surface area contributed by atoms with E-state index in [9.17, 15) is 9.59 Å². The van der Waals surface area contributed by atoms with Crippen molar-refractivity contribution >= 4 is 12.1 Å². The average Bonchev–Trinajstić information content (AvgIpc) is 2.76. The number of carbonyl (C=O) groups excluding carboxylic acids is 2. The van der Waals surface area contributed by atoms with Crippen LogP contribution in [0.2, 0.25) is 0 Å². The van der Waals surface area contributed by atoms with Gasteiger partial charge in [0.15, 0.2) is 0 Å². The molecule has 5 heteroatoms. The van der Waals surface area contributed by atoms with E-state index in [2.05, 4.69) is 12.1 Å². The van der Waals surface area contributed by atoms with Crippen molar-refractivity contribution in [3.05, 3.63) is 71.8 Å². The Morgan fingerprint density at radius 3 is 2.29 bits per heavy atom. The lowest BCUT2D eigenvalue weighted by Crippen LogP contribution is -2.50. The molecule has 1 aliphatic heterocycles. The lowest BCUT2D eigenvalue weighted by molar-refractivity contribution is -0.157. The topological polar surface area (TPSA) is 55.8 Å². The van der Waals surface area contributed by atoms with Gasteiger partial charge >= 0.3 is 12.1 Å². The van der Waals surface area contributed by atoms with Crippen LogP contribution in [-0.2, 0) is 20.7 Å². The summed E-state index contributed by atoms with van der Waals surface area (Å²) in [6, 6.07) is 19.4. The van der Waals surface area contributed by atoms with Crippen LogP contribution >= 0.6 is 0 Å². The maximum absolute atomic E-state index is 13.2. The van der Waals surface area contributed by atoms with Gasteiger partial charge in [0.1, 0.15) is 17.7 Å². The van der Waals surface area contributed by atoms with Gasteiger partial charge in [-0.3, -0.25) is 4.90 Å². The molecule has 0 bridgehead atoms. The SMILES string of the molecule is CC(C)(C)OC(=O)N1CCCC[C@H]1C(=O)O[C@H](CCc1ccccc1)c1ccccc1. The van der Waals surface area contributed by atoms with Crippen LogP contribution in [0.5, 0.6) is 0 Å². The predicted molar refractivity (Wildman–Crippen MR) is 121 cm³/mol. The molecule has 0 aromatic heterocycles. The highest BCUT2D eigenvalue weighted by atomic mass is 16.6. The van der Waals surface area contributed by atoms with E-state index in [0.29, 0.717) is 19.4 Å². The van der Waals surface area contributed by atoms with E-state index in [1.54, 1.807) is 0 Å². The highest BCUT2D eigenvalue weighted by Gasteiger charge is 2.36. The number of hydrogen-bond donors (Lipinski definition) is 0. The summed E-state index contributed by atoms with van der Waals surface area (Å²) in [7, 11) is 0. The number of amides is 1. The molecular formula is C26H33NO4. The molecule has 0 spiro atoms. The first kappa shape index (κ1) is 22.9.